The van der Waals surface area contributed by atoms with Crippen molar-refractivity contribution in [1.29, 1.82) is 0 Å². The van der Waals surface area contributed by atoms with Crippen LogP contribution in [0.1, 0.15) is 44.7 Å². The number of carbonyl (C=O) groups excluding carboxylic acids is 2. The number of aliphatic imine (C=N–C) groups is 1. The Morgan fingerprint density at radius 1 is 0.969 bits per heavy atom. The second-order valence-electron chi connectivity index (χ2n) is 8.48. The highest BCUT2D eigenvalue weighted by molar-refractivity contribution is 6.30. The average Bonchev–Trinajstić information content (AvgIpc) is 3.19. The quantitative estimate of drug-likeness (QED) is 0.522. The summed E-state index contributed by atoms with van der Waals surface area (Å²) in [6.07, 6.45) is 4.55. The van der Waals surface area contributed by atoms with E-state index in [0.717, 1.165) is 54.6 Å². The van der Waals surface area contributed by atoms with Gasteiger partial charge in [0.2, 0.25) is 0 Å². The van der Waals surface area contributed by atoms with Crippen molar-refractivity contribution < 1.29 is 9.59 Å². The molecule has 0 unspecified atom stereocenters. The molecule has 0 saturated carbocycles. The fourth-order valence-electron chi connectivity index (χ4n) is 4.63. The second kappa shape index (κ2) is 8.71. The molecule has 2 aliphatic rings. The van der Waals surface area contributed by atoms with Gasteiger partial charge in [-0.3, -0.25) is 9.59 Å². The Hall–Kier alpha value is -3.24. The molecule has 0 bridgehead atoms. The van der Waals surface area contributed by atoms with Gasteiger partial charge >= 0.3 is 0 Å². The molecule has 1 fully saturated rings. The molecule has 0 aliphatic carbocycles. The number of carbonyl (C=O) groups is 2. The first-order valence-electron chi connectivity index (χ1n) is 10.9. The molecule has 0 radical (unpaired) electrons. The zero-order valence-electron chi connectivity index (χ0n) is 17.6. The van der Waals surface area contributed by atoms with Gasteiger partial charge < -0.3 is 4.90 Å². The Morgan fingerprint density at radius 2 is 1.72 bits per heavy atom. The summed E-state index contributed by atoms with van der Waals surface area (Å²) in [5.41, 5.74) is 5.49. The highest BCUT2D eigenvalue weighted by Gasteiger charge is 2.26. The minimum Gasteiger partial charge on any atom is -0.339 e. The molecule has 4 nitrogen and oxygen atoms in total. The van der Waals surface area contributed by atoms with E-state index >= 15 is 0 Å². The maximum atomic E-state index is 13.3. The lowest BCUT2D eigenvalue weighted by molar-refractivity contribution is 0.0691. The van der Waals surface area contributed by atoms with Crippen molar-refractivity contribution in [2.24, 2.45) is 10.9 Å². The van der Waals surface area contributed by atoms with Crippen molar-refractivity contribution in [2.75, 3.05) is 13.1 Å². The number of hydrogen-bond donors (Lipinski definition) is 0. The van der Waals surface area contributed by atoms with Gasteiger partial charge in [-0.15, -0.1) is 0 Å². The lowest BCUT2D eigenvalue weighted by Gasteiger charge is -2.32. The van der Waals surface area contributed by atoms with Crippen LogP contribution in [0.25, 0.3) is 11.1 Å². The minimum atomic E-state index is -0.155. The van der Waals surface area contributed by atoms with E-state index in [9.17, 15) is 9.59 Å². The van der Waals surface area contributed by atoms with E-state index in [1.54, 1.807) is 6.21 Å². The van der Waals surface area contributed by atoms with Crippen LogP contribution in [0, 0.1) is 5.92 Å². The van der Waals surface area contributed by atoms with Crippen LogP contribution < -0.4 is 0 Å². The number of piperidine rings is 1. The third-order valence-corrected chi connectivity index (χ3v) is 6.66. The van der Waals surface area contributed by atoms with Crippen molar-refractivity contribution >= 4 is 29.6 Å². The summed E-state index contributed by atoms with van der Waals surface area (Å²) in [5, 5.41) is 0.682. The number of halogens is 1. The Kier molecular flexibility index (Phi) is 5.62. The molecular weight excluding hydrogens is 420 g/mol. The van der Waals surface area contributed by atoms with E-state index in [1.807, 2.05) is 65.6 Å². The molecule has 160 valence electrons. The summed E-state index contributed by atoms with van der Waals surface area (Å²) < 4.78 is 0. The molecule has 3 aromatic carbocycles. The van der Waals surface area contributed by atoms with E-state index in [0.29, 0.717) is 16.5 Å². The van der Waals surface area contributed by atoms with E-state index in [2.05, 4.69) is 11.1 Å². The number of amides is 2. The number of likely N-dealkylation sites (tertiary alicyclic amines) is 1. The van der Waals surface area contributed by atoms with Crippen LogP contribution in [-0.2, 0) is 6.42 Å². The average molecular weight is 443 g/mol. The molecule has 2 aliphatic heterocycles. The van der Waals surface area contributed by atoms with Gasteiger partial charge in [0.05, 0.1) is 5.56 Å². The zero-order valence-corrected chi connectivity index (χ0v) is 18.4. The molecule has 3 aromatic rings. The first kappa shape index (κ1) is 20.7. The summed E-state index contributed by atoms with van der Waals surface area (Å²) in [4.78, 5) is 30.9. The maximum Gasteiger partial charge on any atom is 0.277 e. The smallest absolute Gasteiger partial charge is 0.277 e. The van der Waals surface area contributed by atoms with Gasteiger partial charge in [-0.2, -0.15) is 0 Å². The van der Waals surface area contributed by atoms with Crippen molar-refractivity contribution in [3.8, 4) is 11.1 Å². The fraction of sp³-hybridized carbons (Fsp3) is 0.222. The lowest BCUT2D eigenvalue weighted by atomic mass is 9.88. The molecule has 0 atom stereocenters. The third-order valence-electron chi connectivity index (χ3n) is 6.41. The third kappa shape index (κ3) is 4.11. The van der Waals surface area contributed by atoms with Gasteiger partial charge in [0.15, 0.2) is 0 Å². The Balaban J connectivity index is 1.25. The number of benzene rings is 3. The molecule has 2 amide bonds. The van der Waals surface area contributed by atoms with Crippen LogP contribution in [0.4, 0.5) is 0 Å². The number of hydrogen-bond acceptors (Lipinski definition) is 2. The van der Waals surface area contributed by atoms with Gasteiger partial charge in [-0.1, -0.05) is 48.0 Å². The predicted molar refractivity (Wildman–Crippen MR) is 128 cm³/mol. The summed E-state index contributed by atoms with van der Waals surface area (Å²) in [7, 11) is 0. The maximum absolute atomic E-state index is 13.3. The molecule has 2 heterocycles. The van der Waals surface area contributed by atoms with Gasteiger partial charge in [0, 0.05) is 35.5 Å². The lowest BCUT2D eigenvalue weighted by Crippen LogP contribution is -2.39. The Morgan fingerprint density at radius 3 is 2.50 bits per heavy atom. The monoisotopic (exact) mass is 442 g/mol. The molecule has 32 heavy (non-hydrogen) atoms. The normalized spacial score (nSPS) is 15.8. The van der Waals surface area contributed by atoms with E-state index in [-0.39, 0.29) is 11.8 Å². The molecule has 0 N–H and O–H groups in total. The highest BCUT2D eigenvalue weighted by atomic mass is 35.5. The molecule has 5 rings (SSSR count). The van der Waals surface area contributed by atoms with Crippen LogP contribution in [0.15, 0.2) is 71.7 Å². The highest BCUT2D eigenvalue weighted by Crippen LogP contribution is 2.29. The number of nitrogens with zero attached hydrogens (tertiary/aromatic N) is 2. The van der Waals surface area contributed by atoms with Gasteiger partial charge in [0.25, 0.3) is 11.8 Å². The Labute approximate surface area is 192 Å². The Bertz CT molecular complexity index is 1210. The van der Waals surface area contributed by atoms with Crippen molar-refractivity contribution in [1.82, 2.24) is 4.90 Å². The summed E-state index contributed by atoms with van der Waals surface area (Å²) in [6, 6.07) is 21.4. The molecule has 1 saturated heterocycles. The standard InChI is InChI=1S/C27H23ClN2O2/c28-22-8-6-20(7-9-22)23-3-1-2-4-25(23)27(32)30-13-11-18(12-14-30)15-19-5-10-24-21(16-19)17-29-26(24)31/h1-10,16-18H,11-15H2. The first-order chi connectivity index (χ1) is 15.6. The minimum absolute atomic E-state index is 0.0845. The van der Waals surface area contributed by atoms with E-state index in [4.69, 9.17) is 11.6 Å². The summed E-state index contributed by atoms with van der Waals surface area (Å²) >= 11 is 6.03. The topological polar surface area (TPSA) is 49.7 Å². The van der Waals surface area contributed by atoms with Crippen LogP contribution in [0.2, 0.25) is 5.02 Å². The van der Waals surface area contributed by atoms with Crippen molar-refractivity contribution in [2.45, 2.75) is 19.3 Å². The van der Waals surface area contributed by atoms with Gasteiger partial charge in [-0.05, 0) is 72.2 Å². The van der Waals surface area contributed by atoms with Gasteiger partial charge in [-0.25, -0.2) is 4.99 Å². The first-order valence-corrected chi connectivity index (χ1v) is 11.3. The molecule has 0 aromatic heterocycles. The van der Waals surface area contributed by atoms with Crippen LogP contribution >= 0.6 is 11.6 Å². The van der Waals surface area contributed by atoms with E-state index < -0.39 is 0 Å². The molecule has 5 heteroatoms. The summed E-state index contributed by atoms with van der Waals surface area (Å²) in [6.45, 7) is 1.51. The number of fused-ring (bicyclic) bond motifs is 1. The van der Waals surface area contributed by atoms with Crippen LogP contribution in [-0.4, -0.2) is 36.0 Å². The zero-order chi connectivity index (χ0) is 22.1. The van der Waals surface area contributed by atoms with Gasteiger partial charge in [0.1, 0.15) is 0 Å². The number of rotatable bonds is 4. The fourth-order valence-corrected chi connectivity index (χ4v) is 4.76. The van der Waals surface area contributed by atoms with Crippen molar-refractivity contribution in [3.63, 3.8) is 0 Å². The van der Waals surface area contributed by atoms with Crippen LogP contribution in [0.3, 0.4) is 0 Å². The van der Waals surface area contributed by atoms with E-state index in [1.165, 1.54) is 5.56 Å². The SMILES string of the molecule is O=C1N=Cc2cc(CC3CCN(C(=O)c4ccccc4-c4ccc(Cl)cc4)CC3)ccc21. The second-order valence-corrected chi connectivity index (χ2v) is 8.91. The molecular formula is C27H23ClN2O2. The largest absolute Gasteiger partial charge is 0.339 e. The predicted octanol–water partition coefficient (Wildman–Crippen LogP) is 5.67. The van der Waals surface area contributed by atoms with Crippen molar-refractivity contribution in [3.05, 3.63) is 94.0 Å². The summed E-state index contributed by atoms with van der Waals surface area (Å²) in [5.74, 6) is 0.455. The molecule has 0 spiro atoms. The van der Waals surface area contributed by atoms with Crippen LogP contribution in [0.5, 0.6) is 0 Å².